The van der Waals surface area contributed by atoms with E-state index in [-0.39, 0.29) is 23.7 Å². The van der Waals surface area contributed by atoms with Gasteiger partial charge < -0.3 is 10.6 Å². The highest BCUT2D eigenvalue weighted by molar-refractivity contribution is 7.09. The molecule has 0 aromatic carbocycles. The number of aromatic nitrogens is 1. The van der Waals surface area contributed by atoms with Gasteiger partial charge in [-0.3, -0.25) is 9.59 Å². The minimum atomic E-state index is -0.0915. The van der Waals surface area contributed by atoms with Gasteiger partial charge in [-0.05, 0) is 6.42 Å². The number of nitrogens with zero attached hydrogens (tertiary/aromatic N) is 1. The second-order valence-corrected chi connectivity index (χ2v) is 5.48. The summed E-state index contributed by atoms with van der Waals surface area (Å²) in [5.41, 5.74) is 0. The first-order chi connectivity index (χ1) is 8.66. The van der Waals surface area contributed by atoms with Gasteiger partial charge in [0.25, 0.3) is 0 Å². The summed E-state index contributed by atoms with van der Waals surface area (Å²) in [4.78, 5) is 27.1. The smallest absolute Gasteiger partial charge is 0.224 e. The summed E-state index contributed by atoms with van der Waals surface area (Å²) in [6.07, 6.45) is 2.86. The van der Waals surface area contributed by atoms with Gasteiger partial charge in [-0.15, -0.1) is 11.3 Å². The molecule has 2 atom stereocenters. The fourth-order valence-corrected chi connectivity index (χ4v) is 2.62. The molecule has 2 amide bonds. The van der Waals surface area contributed by atoms with Gasteiger partial charge in [0, 0.05) is 37.0 Å². The molecular formula is C12H17N3O2S. The molecule has 1 aliphatic rings. The van der Waals surface area contributed by atoms with Crippen molar-refractivity contribution in [3.63, 3.8) is 0 Å². The maximum atomic E-state index is 11.9. The van der Waals surface area contributed by atoms with Crippen LogP contribution in [0.4, 0.5) is 0 Å². The van der Waals surface area contributed by atoms with E-state index in [1.54, 1.807) is 17.5 Å². The van der Waals surface area contributed by atoms with E-state index in [1.165, 1.54) is 0 Å². The van der Waals surface area contributed by atoms with E-state index in [0.29, 0.717) is 25.9 Å². The molecule has 0 spiro atoms. The SMILES string of the molecule is CC(CNC(=O)C1CCC(=O)NC1)c1nccs1. The zero-order valence-electron chi connectivity index (χ0n) is 10.3. The molecule has 2 N–H and O–H groups in total. The van der Waals surface area contributed by atoms with Gasteiger partial charge in [0.05, 0.1) is 10.9 Å². The second kappa shape index (κ2) is 5.95. The van der Waals surface area contributed by atoms with Gasteiger partial charge in [0.1, 0.15) is 0 Å². The molecule has 1 aliphatic heterocycles. The van der Waals surface area contributed by atoms with Crippen LogP contribution in [-0.2, 0) is 9.59 Å². The van der Waals surface area contributed by atoms with Crippen LogP contribution in [0.2, 0.25) is 0 Å². The number of carbonyl (C=O) groups excluding carboxylic acids is 2. The van der Waals surface area contributed by atoms with E-state index in [1.807, 2.05) is 12.3 Å². The Hall–Kier alpha value is -1.43. The zero-order valence-corrected chi connectivity index (χ0v) is 11.1. The van der Waals surface area contributed by atoms with Gasteiger partial charge in [-0.1, -0.05) is 6.92 Å². The van der Waals surface area contributed by atoms with E-state index in [0.717, 1.165) is 5.01 Å². The van der Waals surface area contributed by atoms with Crippen molar-refractivity contribution in [2.45, 2.75) is 25.7 Å². The Morgan fingerprint density at radius 3 is 3.17 bits per heavy atom. The van der Waals surface area contributed by atoms with Crippen molar-refractivity contribution >= 4 is 23.2 Å². The average molecular weight is 267 g/mol. The number of piperidine rings is 1. The fraction of sp³-hybridized carbons (Fsp3) is 0.583. The minimum Gasteiger partial charge on any atom is -0.355 e. The van der Waals surface area contributed by atoms with Crippen molar-refractivity contribution in [2.75, 3.05) is 13.1 Å². The molecular weight excluding hydrogens is 250 g/mol. The predicted molar refractivity (Wildman–Crippen MR) is 69.3 cm³/mol. The normalized spacial score (nSPS) is 21.2. The van der Waals surface area contributed by atoms with Gasteiger partial charge in [-0.25, -0.2) is 4.98 Å². The molecule has 98 valence electrons. The minimum absolute atomic E-state index is 0.0263. The van der Waals surface area contributed by atoms with Crippen molar-refractivity contribution in [1.82, 2.24) is 15.6 Å². The lowest BCUT2D eigenvalue weighted by Crippen LogP contribution is -2.43. The summed E-state index contributed by atoms with van der Waals surface area (Å²) < 4.78 is 0. The van der Waals surface area contributed by atoms with Crippen LogP contribution in [0.5, 0.6) is 0 Å². The first-order valence-corrected chi connectivity index (χ1v) is 6.98. The Balaban J connectivity index is 1.76. The molecule has 1 fully saturated rings. The molecule has 0 bridgehead atoms. The van der Waals surface area contributed by atoms with Crippen LogP contribution in [0.25, 0.3) is 0 Å². The first kappa shape index (κ1) is 13.0. The molecule has 2 heterocycles. The van der Waals surface area contributed by atoms with Crippen LogP contribution in [0, 0.1) is 5.92 Å². The molecule has 5 nitrogen and oxygen atoms in total. The predicted octanol–water partition coefficient (Wildman–Crippen LogP) is 0.889. The molecule has 2 rings (SSSR count). The number of hydrogen-bond acceptors (Lipinski definition) is 4. The highest BCUT2D eigenvalue weighted by Crippen LogP contribution is 2.17. The van der Waals surface area contributed by atoms with Gasteiger partial charge in [-0.2, -0.15) is 0 Å². The van der Waals surface area contributed by atoms with Crippen molar-refractivity contribution in [2.24, 2.45) is 5.92 Å². The maximum Gasteiger partial charge on any atom is 0.224 e. The number of thiazole rings is 1. The molecule has 18 heavy (non-hydrogen) atoms. The summed E-state index contributed by atoms with van der Waals surface area (Å²) in [6.45, 7) is 3.09. The maximum absolute atomic E-state index is 11.9. The summed E-state index contributed by atoms with van der Waals surface area (Å²) >= 11 is 1.60. The highest BCUT2D eigenvalue weighted by atomic mass is 32.1. The van der Waals surface area contributed by atoms with E-state index in [4.69, 9.17) is 0 Å². The molecule has 0 saturated carbocycles. The van der Waals surface area contributed by atoms with Crippen molar-refractivity contribution in [1.29, 1.82) is 0 Å². The number of amides is 2. The Kier molecular flexibility index (Phi) is 4.30. The lowest BCUT2D eigenvalue weighted by atomic mass is 9.98. The van der Waals surface area contributed by atoms with Crippen LogP contribution in [0.3, 0.4) is 0 Å². The van der Waals surface area contributed by atoms with Crippen molar-refractivity contribution in [3.05, 3.63) is 16.6 Å². The van der Waals surface area contributed by atoms with Gasteiger partial charge in [0.15, 0.2) is 0 Å². The Morgan fingerprint density at radius 2 is 2.56 bits per heavy atom. The topological polar surface area (TPSA) is 71.1 Å². The highest BCUT2D eigenvalue weighted by Gasteiger charge is 2.24. The average Bonchev–Trinajstić information content (AvgIpc) is 2.90. The van der Waals surface area contributed by atoms with Crippen LogP contribution < -0.4 is 10.6 Å². The Labute approximate surface area is 110 Å². The second-order valence-electron chi connectivity index (χ2n) is 4.56. The largest absolute Gasteiger partial charge is 0.355 e. The van der Waals surface area contributed by atoms with E-state index in [9.17, 15) is 9.59 Å². The van der Waals surface area contributed by atoms with Crippen LogP contribution in [-0.4, -0.2) is 29.9 Å². The van der Waals surface area contributed by atoms with Crippen molar-refractivity contribution < 1.29 is 9.59 Å². The molecule has 6 heteroatoms. The molecule has 2 unspecified atom stereocenters. The van der Waals surface area contributed by atoms with Crippen molar-refractivity contribution in [3.8, 4) is 0 Å². The van der Waals surface area contributed by atoms with Crippen LogP contribution >= 0.6 is 11.3 Å². The lowest BCUT2D eigenvalue weighted by molar-refractivity contribution is -0.128. The number of rotatable bonds is 4. The van der Waals surface area contributed by atoms with E-state index >= 15 is 0 Å². The monoisotopic (exact) mass is 267 g/mol. The molecule has 1 aromatic rings. The van der Waals surface area contributed by atoms with Gasteiger partial charge >= 0.3 is 0 Å². The third kappa shape index (κ3) is 3.29. The summed E-state index contributed by atoms with van der Waals surface area (Å²) in [7, 11) is 0. The molecule has 1 saturated heterocycles. The standard InChI is InChI=1S/C12H17N3O2S/c1-8(12-13-4-5-18-12)6-15-11(17)9-2-3-10(16)14-7-9/h4-5,8-9H,2-3,6-7H2,1H3,(H,14,16)(H,15,17). The third-order valence-electron chi connectivity index (χ3n) is 3.09. The van der Waals surface area contributed by atoms with Crippen LogP contribution in [0.1, 0.15) is 30.7 Å². The van der Waals surface area contributed by atoms with E-state index < -0.39 is 0 Å². The quantitative estimate of drug-likeness (QED) is 0.851. The summed E-state index contributed by atoms with van der Waals surface area (Å²) in [6, 6.07) is 0. The third-order valence-corrected chi connectivity index (χ3v) is 4.10. The molecule has 0 radical (unpaired) electrons. The summed E-state index contributed by atoms with van der Waals surface area (Å²) in [5, 5.41) is 8.62. The number of hydrogen-bond donors (Lipinski definition) is 2. The summed E-state index contributed by atoms with van der Waals surface area (Å²) in [5.74, 6) is 0.201. The lowest BCUT2D eigenvalue weighted by Gasteiger charge is -2.22. The van der Waals surface area contributed by atoms with E-state index in [2.05, 4.69) is 15.6 Å². The fourth-order valence-electron chi connectivity index (χ4n) is 1.92. The van der Waals surface area contributed by atoms with Crippen LogP contribution in [0.15, 0.2) is 11.6 Å². The van der Waals surface area contributed by atoms with Gasteiger partial charge in [0.2, 0.25) is 11.8 Å². The molecule has 0 aliphatic carbocycles. The number of nitrogens with one attached hydrogen (secondary N) is 2. The first-order valence-electron chi connectivity index (χ1n) is 6.10. The molecule has 1 aromatic heterocycles. The Morgan fingerprint density at radius 1 is 1.72 bits per heavy atom. The number of carbonyl (C=O) groups is 2. The zero-order chi connectivity index (χ0) is 13.0. The Bertz CT molecular complexity index is 409.